The van der Waals surface area contributed by atoms with Gasteiger partial charge in [0.25, 0.3) is 0 Å². The molecular weight excluding hydrogens is 435 g/mol. The van der Waals surface area contributed by atoms with E-state index in [1.807, 2.05) is 0 Å². The molecule has 0 aromatic carbocycles. The molecule has 1 heterocycles. The second-order valence-corrected chi connectivity index (χ2v) is 7.93. The highest BCUT2D eigenvalue weighted by molar-refractivity contribution is 7.47. The summed E-state index contributed by atoms with van der Waals surface area (Å²) in [7, 11) is -1.73. The average Bonchev–Trinajstić information content (AvgIpc) is 2.98. The number of aliphatic hydroxyl groups excluding tert-OH is 5. The topological polar surface area (TPSA) is 231 Å². The fraction of sp³-hybridized carbons (Fsp3) is 0.929. The molecule has 16 heteroatoms. The van der Waals surface area contributed by atoms with Crippen molar-refractivity contribution in [3.8, 4) is 0 Å². The number of carbonyl (C=O) groups excluding carboxylic acids is 1. The molecule has 0 saturated carbocycles. The molecule has 1 aliphatic heterocycles. The van der Waals surface area contributed by atoms with Crippen LogP contribution in [0.15, 0.2) is 0 Å². The number of rotatable bonds is 12. The molecule has 5 unspecified atom stereocenters. The number of phosphoric ester groups is 1. The van der Waals surface area contributed by atoms with Crippen LogP contribution in [0.1, 0.15) is 0 Å². The summed E-state index contributed by atoms with van der Waals surface area (Å²) in [5.41, 5.74) is 4.93. The smallest absolute Gasteiger partial charge is 0.438 e. The second-order valence-electron chi connectivity index (χ2n) is 6.48. The minimum atomic E-state index is -4.53. The third-order valence-electron chi connectivity index (χ3n) is 3.94. The van der Waals surface area contributed by atoms with E-state index >= 15 is 0 Å². The predicted molar refractivity (Wildman–Crippen MR) is 95.6 cm³/mol. The maximum absolute atomic E-state index is 11.7. The van der Waals surface area contributed by atoms with Gasteiger partial charge >= 0.3 is 13.9 Å². The van der Waals surface area contributed by atoms with Crippen LogP contribution in [0.25, 0.3) is 0 Å². The van der Waals surface area contributed by atoms with Crippen LogP contribution in [0.5, 0.6) is 0 Å². The summed E-state index contributed by atoms with van der Waals surface area (Å²) in [6.45, 7) is -2.77. The fourth-order valence-electron chi connectivity index (χ4n) is 2.28. The number of nitrogens with zero attached hydrogens (tertiary/aromatic N) is 1. The summed E-state index contributed by atoms with van der Waals surface area (Å²) in [5, 5.41) is 49.0. The van der Waals surface area contributed by atoms with Crippen molar-refractivity contribution < 1.29 is 63.0 Å². The van der Waals surface area contributed by atoms with Gasteiger partial charge in [-0.25, -0.2) is 9.36 Å². The lowest BCUT2D eigenvalue weighted by Gasteiger charge is -2.26. The number of ether oxygens (including phenoxy) is 3. The predicted octanol–water partition coefficient (Wildman–Crippen LogP) is -3.72. The third kappa shape index (κ3) is 7.96. The number of hydrogen-bond acceptors (Lipinski definition) is 13. The molecule has 0 aromatic rings. The molecule has 1 aliphatic rings. The lowest BCUT2D eigenvalue weighted by molar-refractivity contribution is -0.194. The Bertz CT molecular complexity index is 582. The number of carbonyl (C=O) groups is 1. The maximum atomic E-state index is 11.7. The lowest BCUT2D eigenvalue weighted by Crippen LogP contribution is -2.45. The summed E-state index contributed by atoms with van der Waals surface area (Å²) < 4.78 is 35.4. The molecule has 0 bridgehead atoms. The van der Waals surface area contributed by atoms with E-state index in [4.69, 9.17) is 19.9 Å². The van der Waals surface area contributed by atoms with E-state index in [-0.39, 0.29) is 0 Å². The van der Waals surface area contributed by atoms with Crippen LogP contribution in [0.2, 0.25) is 0 Å². The van der Waals surface area contributed by atoms with E-state index in [2.05, 4.69) is 9.05 Å². The number of hydrogen-bond donors (Lipinski definition) is 7. The number of amides is 1. The largest absolute Gasteiger partial charge is 0.473 e. The molecule has 0 aliphatic carbocycles. The molecule has 178 valence electrons. The monoisotopic (exact) mass is 464 g/mol. The number of phosphoric acid groups is 1. The van der Waals surface area contributed by atoms with Crippen molar-refractivity contribution in [3.05, 3.63) is 0 Å². The Labute approximate surface area is 172 Å². The highest BCUT2D eigenvalue weighted by Crippen LogP contribution is 2.42. The minimum Gasteiger partial charge on any atom is -0.438 e. The van der Waals surface area contributed by atoms with Gasteiger partial charge in [0.15, 0.2) is 12.4 Å². The first kappa shape index (κ1) is 27.1. The third-order valence-corrected chi connectivity index (χ3v) is 4.89. The minimum absolute atomic E-state index is 0.607. The van der Waals surface area contributed by atoms with E-state index in [1.165, 1.54) is 14.1 Å². The van der Waals surface area contributed by atoms with Crippen molar-refractivity contribution in [2.45, 2.75) is 42.9 Å². The van der Waals surface area contributed by atoms with E-state index in [9.17, 15) is 39.8 Å². The van der Waals surface area contributed by atoms with Crippen molar-refractivity contribution >= 4 is 13.9 Å². The van der Waals surface area contributed by atoms with Gasteiger partial charge in [-0.3, -0.25) is 9.05 Å². The summed E-state index contributed by atoms with van der Waals surface area (Å²) in [5.74, 6) is 0. The zero-order chi connectivity index (χ0) is 23.1. The standard InChI is InChI=1S/C14H29N2O13P/c1-16(2)14(22)29-12-11(21)9(3-17)28-13(12)25-4-7(18)10(20)8(19)5-26-30(23,24)27-6-15/h7-13,17-21H,3-6,15H2,1-2H3,(H,23,24)/t7?,8?,9-,10?,11+,12?,13-/m1/s1. The molecule has 1 rings (SSSR count). The van der Waals surface area contributed by atoms with Gasteiger partial charge in [-0.1, -0.05) is 0 Å². The van der Waals surface area contributed by atoms with Crippen LogP contribution in [0.4, 0.5) is 4.79 Å². The van der Waals surface area contributed by atoms with Crippen molar-refractivity contribution in [1.29, 1.82) is 0 Å². The molecule has 0 aromatic heterocycles. The zero-order valence-electron chi connectivity index (χ0n) is 16.4. The first-order valence-corrected chi connectivity index (χ1v) is 10.2. The number of nitrogens with two attached hydrogens (primary N) is 1. The molecule has 0 radical (unpaired) electrons. The molecule has 15 nitrogen and oxygen atoms in total. The Hall–Kier alpha value is -0.940. The summed E-state index contributed by atoms with van der Waals surface area (Å²) in [4.78, 5) is 22.0. The zero-order valence-corrected chi connectivity index (χ0v) is 17.3. The van der Waals surface area contributed by atoms with Crippen LogP contribution < -0.4 is 5.73 Å². The quantitative estimate of drug-likeness (QED) is 0.109. The van der Waals surface area contributed by atoms with Crippen molar-refractivity contribution in [1.82, 2.24) is 4.90 Å². The molecular formula is C14H29N2O13P. The number of aliphatic hydroxyl groups is 5. The van der Waals surface area contributed by atoms with Gasteiger partial charge in [0.1, 0.15) is 37.3 Å². The first-order chi connectivity index (χ1) is 13.9. The molecule has 1 amide bonds. The average molecular weight is 464 g/mol. The van der Waals surface area contributed by atoms with Crippen LogP contribution in [0.3, 0.4) is 0 Å². The van der Waals surface area contributed by atoms with Crippen LogP contribution >= 0.6 is 7.82 Å². The Kier molecular flexibility index (Phi) is 11.0. The van der Waals surface area contributed by atoms with Crippen molar-refractivity contribution in [3.63, 3.8) is 0 Å². The Morgan fingerprint density at radius 1 is 1.20 bits per heavy atom. The Balaban J connectivity index is 2.61. The molecule has 8 N–H and O–H groups in total. The highest BCUT2D eigenvalue weighted by Gasteiger charge is 2.47. The van der Waals surface area contributed by atoms with Gasteiger partial charge in [0, 0.05) is 14.1 Å². The van der Waals surface area contributed by atoms with Crippen LogP contribution in [-0.4, -0.2) is 125 Å². The first-order valence-electron chi connectivity index (χ1n) is 8.73. The molecule has 0 spiro atoms. The van der Waals surface area contributed by atoms with E-state index in [1.54, 1.807) is 0 Å². The summed E-state index contributed by atoms with van der Waals surface area (Å²) >= 11 is 0. The van der Waals surface area contributed by atoms with E-state index in [0.29, 0.717) is 0 Å². The summed E-state index contributed by atoms with van der Waals surface area (Å²) in [6, 6.07) is 0. The van der Waals surface area contributed by atoms with Crippen molar-refractivity contribution in [2.75, 3.05) is 40.6 Å². The van der Waals surface area contributed by atoms with Crippen LogP contribution in [0, 0.1) is 0 Å². The molecule has 30 heavy (non-hydrogen) atoms. The van der Waals surface area contributed by atoms with Crippen LogP contribution in [-0.2, 0) is 27.8 Å². The van der Waals surface area contributed by atoms with Gasteiger partial charge in [-0.15, -0.1) is 0 Å². The van der Waals surface area contributed by atoms with Gasteiger partial charge < -0.3 is 55.3 Å². The highest BCUT2D eigenvalue weighted by atomic mass is 31.2. The van der Waals surface area contributed by atoms with E-state index < -0.39 is 83.4 Å². The summed E-state index contributed by atoms with van der Waals surface area (Å²) in [6.07, 6.45) is -11.6. The molecule has 1 fully saturated rings. The van der Waals surface area contributed by atoms with Gasteiger partial charge in [0.05, 0.1) is 19.8 Å². The SMILES string of the molecule is CN(C)C(=O)OC1[C@H](OCC(O)C(O)C(O)COP(=O)(O)OCN)O[C@H](CO)[C@@H]1O. The van der Waals surface area contributed by atoms with E-state index in [0.717, 1.165) is 4.90 Å². The Morgan fingerprint density at radius 2 is 1.80 bits per heavy atom. The maximum Gasteiger partial charge on any atom is 0.473 e. The molecule has 8 atom stereocenters. The second kappa shape index (κ2) is 12.2. The van der Waals surface area contributed by atoms with Gasteiger partial charge in [-0.05, 0) is 0 Å². The van der Waals surface area contributed by atoms with Gasteiger partial charge in [-0.2, -0.15) is 0 Å². The normalized spacial score (nSPS) is 29.1. The van der Waals surface area contributed by atoms with Gasteiger partial charge in [0.2, 0.25) is 0 Å². The molecule has 1 saturated heterocycles. The lowest BCUT2D eigenvalue weighted by atomic mass is 10.1. The fourth-order valence-corrected chi connectivity index (χ4v) is 2.89. The Morgan fingerprint density at radius 3 is 2.33 bits per heavy atom. The van der Waals surface area contributed by atoms with Crippen molar-refractivity contribution in [2.24, 2.45) is 5.73 Å².